The maximum atomic E-state index is 12.5. The minimum Gasteiger partial charge on any atom is -0.319 e. The number of carbonyl (C=O) groups is 1. The summed E-state index contributed by atoms with van der Waals surface area (Å²) in [5, 5.41) is 0. The fraction of sp³-hybridized carbons (Fsp3) is 0.500. The van der Waals surface area contributed by atoms with E-state index in [2.05, 4.69) is 22.0 Å². The van der Waals surface area contributed by atoms with Crippen LogP contribution in [0.4, 0.5) is 5.69 Å². The van der Waals surface area contributed by atoms with Gasteiger partial charge in [0.05, 0.1) is 6.04 Å². The van der Waals surface area contributed by atoms with Crippen molar-refractivity contribution < 1.29 is 4.79 Å². The summed E-state index contributed by atoms with van der Waals surface area (Å²) in [5.74, 6) is 0.0133. The molecule has 3 nitrogen and oxygen atoms in total. The largest absolute Gasteiger partial charge is 0.319 e. The number of nitrogens with two attached hydrogens (primary N) is 1. The molecule has 0 aliphatic carbocycles. The summed E-state index contributed by atoms with van der Waals surface area (Å²) in [6.07, 6.45) is 0.908. The summed E-state index contributed by atoms with van der Waals surface area (Å²) in [6.45, 7) is 6.71. The summed E-state index contributed by atoms with van der Waals surface area (Å²) in [4.78, 5) is 14.3. The van der Waals surface area contributed by atoms with Gasteiger partial charge in [-0.2, -0.15) is 0 Å². The summed E-state index contributed by atoms with van der Waals surface area (Å²) in [7, 11) is 0. The highest BCUT2D eigenvalue weighted by Crippen LogP contribution is 2.32. The maximum absolute atomic E-state index is 12.5. The van der Waals surface area contributed by atoms with Gasteiger partial charge in [0, 0.05) is 16.7 Å². The van der Waals surface area contributed by atoms with Crippen LogP contribution in [-0.4, -0.2) is 18.5 Å². The first kappa shape index (κ1) is 16.5. The quantitative estimate of drug-likeness (QED) is 0.848. The number of carbonyl (C=O) groups excluding carboxylic acids is 1. The lowest BCUT2D eigenvalue weighted by Crippen LogP contribution is -2.50. The highest BCUT2D eigenvalue weighted by Gasteiger charge is 2.34. The molecule has 1 aromatic carbocycles. The molecule has 2 N–H and O–H groups in total. The Morgan fingerprint density at radius 2 is 2.05 bits per heavy atom. The van der Waals surface area contributed by atoms with E-state index in [1.807, 2.05) is 37.8 Å². The zero-order valence-corrected chi connectivity index (χ0v) is 13.8. The van der Waals surface area contributed by atoms with Gasteiger partial charge in [-0.05, 0) is 29.5 Å². The molecule has 106 valence electrons. The van der Waals surface area contributed by atoms with Crippen molar-refractivity contribution in [3.63, 3.8) is 0 Å². The lowest BCUT2D eigenvalue weighted by atomic mass is 9.86. The van der Waals surface area contributed by atoms with Gasteiger partial charge < -0.3 is 10.6 Å². The number of rotatable bonds is 1. The van der Waals surface area contributed by atoms with Crippen molar-refractivity contribution in [1.82, 2.24) is 0 Å². The van der Waals surface area contributed by atoms with Crippen LogP contribution >= 0.6 is 28.3 Å². The predicted octanol–water partition coefficient (Wildman–Crippen LogP) is 3.13. The standard InChI is InChI=1S/C14H19BrN2O.ClH/c1-14(2,3)12(16)13(18)17-7-6-9-4-5-10(15)8-11(9)17;/h4-5,8,12H,6-7,16H2,1-3H3;1H/t12-;/m1./s1. The van der Waals surface area contributed by atoms with E-state index in [4.69, 9.17) is 5.73 Å². The topological polar surface area (TPSA) is 46.3 Å². The maximum Gasteiger partial charge on any atom is 0.244 e. The Kier molecular flexibility index (Phi) is 5.04. The highest BCUT2D eigenvalue weighted by atomic mass is 79.9. The Morgan fingerprint density at radius 3 is 2.63 bits per heavy atom. The molecule has 5 heteroatoms. The molecule has 1 aliphatic rings. The summed E-state index contributed by atoms with van der Waals surface area (Å²) in [5.41, 5.74) is 8.06. The minimum atomic E-state index is -0.470. The van der Waals surface area contributed by atoms with Crippen LogP contribution in [0.3, 0.4) is 0 Å². The fourth-order valence-corrected chi connectivity index (χ4v) is 2.47. The summed E-state index contributed by atoms with van der Waals surface area (Å²) in [6, 6.07) is 5.60. The van der Waals surface area contributed by atoms with Gasteiger partial charge in [-0.3, -0.25) is 4.79 Å². The van der Waals surface area contributed by atoms with Gasteiger partial charge in [-0.25, -0.2) is 0 Å². The molecule has 1 atom stereocenters. The van der Waals surface area contributed by atoms with E-state index in [9.17, 15) is 4.79 Å². The monoisotopic (exact) mass is 346 g/mol. The van der Waals surface area contributed by atoms with Crippen LogP contribution in [0.15, 0.2) is 22.7 Å². The number of fused-ring (bicyclic) bond motifs is 1. The van der Waals surface area contributed by atoms with Gasteiger partial charge in [0.1, 0.15) is 0 Å². The Labute approximate surface area is 129 Å². The van der Waals surface area contributed by atoms with Gasteiger partial charge in [-0.15, -0.1) is 12.4 Å². The Morgan fingerprint density at radius 1 is 1.42 bits per heavy atom. The highest BCUT2D eigenvalue weighted by molar-refractivity contribution is 9.10. The lowest BCUT2D eigenvalue weighted by Gasteiger charge is -2.30. The smallest absolute Gasteiger partial charge is 0.244 e. The number of anilines is 1. The molecule has 0 saturated carbocycles. The first-order chi connectivity index (χ1) is 8.30. The molecular weight excluding hydrogens is 328 g/mol. The van der Waals surface area contributed by atoms with E-state index < -0.39 is 6.04 Å². The van der Waals surface area contributed by atoms with E-state index in [0.717, 1.165) is 23.1 Å². The first-order valence-corrected chi connectivity index (χ1v) is 6.95. The van der Waals surface area contributed by atoms with E-state index in [1.165, 1.54) is 5.56 Å². The van der Waals surface area contributed by atoms with E-state index in [1.54, 1.807) is 0 Å². The molecule has 0 aromatic heterocycles. The van der Waals surface area contributed by atoms with Crippen molar-refractivity contribution in [3.05, 3.63) is 28.2 Å². The number of benzene rings is 1. The summed E-state index contributed by atoms with van der Waals surface area (Å²) >= 11 is 3.45. The van der Waals surface area contributed by atoms with Crippen LogP contribution in [0.25, 0.3) is 0 Å². The SMILES string of the molecule is CC(C)(C)[C@H](N)C(=O)N1CCc2ccc(Br)cc21.Cl. The molecule has 1 amide bonds. The van der Waals surface area contributed by atoms with Crippen LogP contribution in [0.5, 0.6) is 0 Å². The van der Waals surface area contributed by atoms with Gasteiger partial charge >= 0.3 is 0 Å². The molecule has 19 heavy (non-hydrogen) atoms. The summed E-state index contributed by atoms with van der Waals surface area (Å²) < 4.78 is 0.991. The molecular formula is C14H20BrClN2O. The first-order valence-electron chi connectivity index (χ1n) is 6.16. The van der Waals surface area contributed by atoms with Crippen molar-refractivity contribution in [2.45, 2.75) is 33.2 Å². The third kappa shape index (κ3) is 3.30. The zero-order chi connectivity index (χ0) is 13.5. The lowest BCUT2D eigenvalue weighted by molar-refractivity contribution is -0.121. The van der Waals surface area contributed by atoms with Crippen LogP contribution in [-0.2, 0) is 11.2 Å². The molecule has 0 saturated heterocycles. The second kappa shape index (κ2) is 5.81. The molecule has 1 heterocycles. The van der Waals surface area contributed by atoms with E-state index in [-0.39, 0.29) is 23.7 Å². The average molecular weight is 348 g/mol. The Balaban J connectivity index is 0.00000180. The molecule has 0 fully saturated rings. The van der Waals surface area contributed by atoms with Crippen LogP contribution in [0.2, 0.25) is 0 Å². The molecule has 0 spiro atoms. The molecule has 0 radical (unpaired) electrons. The molecule has 0 unspecified atom stereocenters. The van der Waals surface area contributed by atoms with Crippen LogP contribution < -0.4 is 10.6 Å². The second-order valence-electron chi connectivity index (χ2n) is 5.86. The molecule has 1 aliphatic heterocycles. The number of hydrogen-bond donors (Lipinski definition) is 1. The third-order valence-electron chi connectivity index (χ3n) is 3.41. The third-order valence-corrected chi connectivity index (χ3v) is 3.90. The zero-order valence-electron chi connectivity index (χ0n) is 11.4. The Hall–Kier alpha value is -0.580. The van der Waals surface area contributed by atoms with Crippen LogP contribution in [0, 0.1) is 5.41 Å². The second-order valence-corrected chi connectivity index (χ2v) is 6.77. The van der Waals surface area contributed by atoms with Crippen LogP contribution in [0.1, 0.15) is 26.3 Å². The number of amides is 1. The van der Waals surface area contributed by atoms with Crippen molar-refractivity contribution in [2.24, 2.45) is 11.1 Å². The Bertz CT molecular complexity index is 485. The fourth-order valence-electron chi connectivity index (χ4n) is 2.12. The van der Waals surface area contributed by atoms with Gasteiger partial charge in [-0.1, -0.05) is 42.8 Å². The predicted molar refractivity (Wildman–Crippen MR) is 84.9 cm³/mol. The average Bonchev–Trinajstić information content (AvgIpc) is 2.68. The van der Waals surface area contributed by atoms with E-state index >= 15 is 0 Å². The molecule has 1 aromatic rings. The molecule has 0 bridgehead atoms. The number of nitrogens with zero attached hydrogens (tertiary/aromatic N) is 1. The van der Waals surface area contributed by atoms with Crippen molar-refractivity contribution in [3.8, 4) is 0 Å². The number of hydrogen-bond acceptors (Lipinski definition) is 2. The molecule has 2 rings (SSSR count). The van der Waals surface area contributed by atoms with Gasteiger partial charge in [0.2, 0.25) is 5.91 Å². The van der Waals surface area contributed by atoms with Gasteiger partial charge in [0.25, 0.3) is 0 Å². The van der Waals surface area contributed by atoms with Crippen molar-refractivity contribution >= 4 is 39.9 Å². The minimum absolute atomic E-state index is 0. The number of halogens is 2. The van der Waals surface area contributed by atoms with Crippen molar-refractivity contribution in [1.29, 1.82) is 0 Å². The van der Waals surface area contributed by atoms with Gasteiger partial charge in [0.15, 0.2) is 0 Å². The van der Waals surface area contributed by atoms with E-state index in [0.29, 0.717) is 0 Å². The van der Waals surface area contributed by atoms with Crippen molar-refractivity contribution in [2.75, 3.05) is 11.4 Å². The normalized spacial score (nSPS) is 15.7.